The number of fused-ring (bicyclic) bond motifs is 1. The lowest BCUT2D eigenvalue weighted by Crippen LogP contribution is -2.41. The molecule has 2 aromatic carbocycles. The minimum Gasteiger partial charge on any atom is -0.493 e. The van der Waals surface area contributed by atoms with Crippen LogP contribution in [-0.4, -0.2) is 44.0 Å². The molecule has 7 heteroatoms. The number of hydrogen-bond donors (Lipinski definition) is 1. The summed E-state index contributed by atoms with van der Waals surface area (Å²) in [5, 5.41) is 4.91. The van der Waals surface area contributed by atoms with E-state index in [4.69, 9.17) is 9.47 Å². The van der Waals surface area contributed by atoms with Gasteiger partial charge < -0.3 is 19.7 Å². The predicted molar refractivity (Wildman–Crippen MR) is 129 cm³/mol. The number of nitrogens with one attached hydrogen (secondary N) is 1. The number of amides is 2. The van der Waals surface area contributed by atoms with Crippen molar-refractivity contribution in [3.8, 4) is 11.5 Å². The Bertz CT molecular complexity index is 1140. The smallest absolute Gasteiger partial charge is 0.251 e. The monoisotopic (exact) mass is 464 g/mol. The Hall–Kier alpha value is -3.32. The molecule has 1 aliphatic rings. The van der Waals surface area contributed by atoms with Crippen LogP contribution in [0.2, 0.25) is 0 Å². The molecule has 1 N–H and O–H groups in total. The molecule has 1 aromatic heterocycles. The van der Waals surface area contributed by atoms with Crippen molar-refractivity contribution in [2.24, 2.45) is 0 Å². The fourth-order valence-electron chi connectivity index (χ4n) is 4.32. The van der Waals surface area contributed by atoms with Crippen LogP contribution in [0.5, 0.6) is 11.5 Å². The highest BCUT2D eigenvalue weighted by Crippen LogP contribution is 2.42. The Kier molecular flexibility index (Phi) is 6.99. The number of aryl methyl sites for hydroxylation is 1. The van der Waals surface area contributed by atoms with Gasteiger partial charge in [0.2, 0.25) is 5.91 Å². The molecular formula is C26H28N2O4S. The highest BCUT2D eigenvalue weighted by molar-refractivity contribution is 7.10. The Balaban J connectivity index is 1.53. The zero-order valence-corrected chi connectivity index (χ0v) is 19.9. The third kappa shape index (κ3) is 4.73. The average molecular weight is 465 g/mol. The fourth-order valence-corrected chi connectivity index (χ4v) is 5.17. The number of nitrogens with zero attached hydrogens (tertiary/aromatic N) is 1. The first-order valence-electron chi connectivity index (χ1n) is 10.9. The first-order valence-corrected chi connectivity index (χ1v) is 11.8. The van der Waals surface area contributed by atoms with Crippen LogP contribution < -0.4 is 14.8 Å². The van der Waals surface area contributed by atoms with Crippen LogP contribution in [0.15, 0.2) is 53.9 Å². The second-order valence-electron chi connectivity index (χ2n) is 7.98. The van der Waals surface area contributed by atoms with Crippen LogP contribution in [-0.2, 0) is 11.2 Å². The van der Waals surface area contributed by atoms with Crippen molar-refractivity contribution >= 4 is 23.2 Å². The maximum absolute atomic E-state index is 13.3. The molecule has 172 valence electrons. The van der Waals surface area contributed by atoms with Crippen molar-refractivity contribution in [1.29, 1.82) is 0 Å². The van der Waals surface area contributed by atoms with Crippen LogP contribution in [0.4, 0.5) is 0 Å². The summed E-state index contributed by atoms with van der Waals surface area (Å²) >= 11 is 1.63. The Morgan fingerprint density at radius 2 is 1.85 bits per heavy atom. The van der Waals surface area contributed by atoms with E-state index in [1.165, 1.54) is 0 Å². The van der Waals surface area contributed by atoms with Gasteiger partial charge in [-0.3, -0.25) is 9.59 Å². The van der Waals surface area contributed by atoms with E-state index in [1.807, 2.05) is 53.6 Å². The lowest BCUT2D eigenvalue weighted by Gasteiger charge is -2.37. The maximum atomic E-state index is 13.3. The van der Waals surface area contributed by atoms with Gasteiger partial charge in [0.15, 0.2) is 11.5 Å². The average Bonchev–Trinajstić information content (AvgIpc) is 3.37. The van der Waals surface area contributed by atoms with E-state index >= 15 is 0 Å². The van der Waals surface area contributed by atoms with Crippen molar-refractivity contribution in [1.82, 2.24) is 10.2 Å². The first kappa shape index (κ1) is 22.9. The van der Waals surface area contributed by atoms with Crippen LogP contribution in [0.25, 0.3) is 0 Å². The third-order valence-electron chi connectivity index (χ3n) is 6.02. The molecule has 1 atom stereocenters. The number of ether oxygens (including phenoxy) is 2. The summed E-state index contributed by atoms with van der Waals surface area (Å²) in [5.74, 6) is 1.20. The topological polar surface area (TPSA) is 67.9 Å². The molecule has 1 unspecified atom stereocenters. The number of hydrogen-bond acceptors (Lipinski definition) is 5. The molecule has 0 saturated heterocycles. The largest absolute Gasteiger partial charge is 0.493 e. The third-order valence-corrected chi connectivity index (χ3v) is 6.95. The minimum absolute atomic E-state index is 0.0129. The number of carbonyl (C=O) groups is 2. The second kappa shape index (κ2) is 10.1. The predicted octanol–water partition coefficient (Wildman–Crippen LogP) is 4.37. The van der Waals surface area contributed by atoms with Gasteiger partial charge in [0.25, 0.3) is 5.91 Å². The molecule has 2 heterocycles. The molecule has 0 saturated carbocycles. The molecule has 0 radical (unpaired) electrons. The van der Waals surface area contributed by atoms with E-state index in [0.29, 0.717) is 30.2 Å². The summed E-state index contributed by atoms with van der Waals surface area (Å²) in [5.41, 5.74) is 3.76. The molecule has 2 amide bonds. The molecule has 6 nitrogen and oxygen atoms in total. The van der Waals surface area contributed by atoms with Crippen molar-refractivity contribution in [3.05, 3.63) is 81.0 Å². The van der Waals surface area contributed by atoms with E-state index < -0.39 is 0 Å². The summed E-state index contributed by atoms with van der Waals surface area (Å²) in [4.78, 5) is 28.8. The minimum atomic E-state index is -0.187. The number of carbonyl (C=O) groups excluding carboxylic acids is 2. The summed E-state index contributed by atoms with van der Waals surface area (Å²) in [6, 6.07) is 15.3. The highest BCUT2D eigenvalue weighted by atomic mass is 32.1. The summed E-state index contributed by atoms with van der Waals surface area (Å²) < 4.78 is 11.0. The first-order chi connectivity index (χ1) is 16.0. The quantitative estimate of drug-likeness (QED) is 0.564. The van der Waals surface area contributed by atoms with E-state index in [1.54, 1.807) is 31.6 Å². The number of thiophene rings is 1. The zero-order valence-electron chi connectivity index (χ0n) is 19.1. The molecular weight excluding hydrogens is 436 g/mol. The van der Waals surface area contributed by atoms with Gasteiger partial charge >= 0.3 is 0 Å². The van der Waals surface area contributed by atoms with Crippen LogP contribution >= 0.6 is 11.3 Å². The summed E-state index contributed by atoms with van der Waals surface area (Å²) in [7, 11) is 3.25. The van der Waals surface area contributed by atoms with E-state index in [2.05, 4.69) is 11.4 Å². The van der Waals surface area contributed by atoms with Gasteiger partial charge in [-0.15, -0.1) is 11.3 Å². The SMILES string of the molecule is COc1cc2c(cc1OC)C(c1cccs1)N(C(=O)CCNC(=O)c1ccccc1C)CC2. The van der Waals surface area contributed by atoms with E-state index in [-0.39, 0.29) is 24.3 Å². The number of rotatable bonds is 7. The van der Waals surface area contributed by atoms with Gasteiger partial charge in [-0.1, -0.05) is 24.3 Å². The van der Waals surface area contributed by atoms with E-state index in [0.717, 1.165) is 28.0 Å². The molecule has 0 bridgehead atoms. The Morgan fingerprint density at radius 3 is 2.55 bits per heavy atom. The van der Waals surface area contributed by atoms with Gasteiger partial charge in [-0.2, -0.15) is 0 Å². The molecule has 0 fully saturated rings. The van der Waals surface area contributed by atoms with Crippen LogP contribution in [0.3, 0.4) is 0 Å². The van der Waals surface area contributed by atoms with Crippen molar-refractivity contribution in [3.63, 3.8) is 0 Å². The lowest BCUT2D eigenvalue weighted by atomic mass is 9.90. The van der Waals surface area contributed by atoms with Crippen molar-refractivity contribution < 1.29 is 19.1 Å². The van der Waals surface area contributed by atoms with Gasteiger partial charge in [0.05, 0.1) is 20.3 Å². The lowest BCUT2D eigenvalue weighted by molar-refractivity contribution is -0.133. The second-order valence-corrected chi connectivity index (χ2v) is 8.96. The van der Waals surface area contributed by atoms with Gasteiger partial charge in [0.1, 0.15) is 0 Å². The molecule has 4 rings (SSSR count). The van der Waals surface area contributed by atoms with Crippen molar-refractivity contribution in [2.75, 3.05) is 27.3 Å². The summed E-state index contributed by atoms with van der Waals surface area (Å²) in [6.07, 6.45) is 0.973. The molecule has 0 spiro atoms. The van der Waals surface area contributed by atoms with Crippen molar-refractivity contribution in [2.45, 2.75) is 25.8 Å². The normalized spacial score (nSPS) is 15.0. The number of benzene rings is 2. The number of methoxy groups -OCH3 is 2. The molecule has 33 heavy (non-hydrogen) atoms. The van der Waals surface area contributed by atoms with Gasteiger partial charge in [-0.05, 0) is 59.7 Å². The van der Waals surface area contributed by atoms with E-state index in [9.17, 15) is 9.59 Å². The van der Waals surface area contributed by atoms with Crippen LogP contribution in [0.1, 0.15) is 44.4 Å². The van der Waals surface area contributed by atoms with Crippen LogP contribution in [0, 0.1) is 6.92 Å². The molecule has 3 aromatic rings. The highest BCUT2D eigenvalue weighted by Gasteiger charge is 2.33. The van der Waals surface area contributed by atoms with Gasteiger partial charge in [0, 0.05) is 30.0 Å². The summed E-state index contributed by atoms with van der Waals surface area (Å²) in [6.45, 7) is 2.80. The van der Waals surface area contributed by atoms with Gasteiger partial charge in [-0.25, -0.2) is 0 Å². The molecule has 1 aliphatic heterocycles. The zero-order chi connectivity index (χ0) is 23.4. The molecule has 0 aliphatic carbocycles. The Labute approximate surface area is 198 Å². The maximum Gasteiger partial charge on any atom is 0.251 e. The standard InChI is InChI=1S/C26H28N2O4S/c1-17-7-4-5-8-19(17)26(30)27-12-10-24(29)28-13-11-18-15-21(31-2)22(32-3)16-20(18)25(28)23-9-6-14-33-23/h4-9,14-16,25H,10-13H2,1-3H3,(H,27,30). The Morgan fingerprint density at radius 1 is 1.09 bits per heavy atom. The fraction of sp³-hybridized carbons (Fsp3) is 0.308.